The minimum atomic E-state index is -0.473. The molecule has 0 fully saturated rings. The molecule has 0 bridgehead atoms. The molecule has 0 aliphatic rings. The van der Waals surface area contributed by atoms with Crippen molar-refractivity contribution in [1.29, 1.82) is 0 Å². The monoisotopic (exact) mass is 330 g/mol. The van der Waals surface area contributed by atoms with E-state index in [1.807, 2.05) is 37.3 Å². The van der Waals surface area contributed by atoms with Gasteiger partial charge in [-0.25, -0.2) is 4.79 Å². The summed E-state index contributed by atoms with van der Waals surface area (Å²) >= 11 is 0. The van der Waals surface area contributed by atoms with E-state index in [4.69, 9.17) is 4.74 Å². The molecule has 0 aliphatic heterocycles. The highest BCUT2D eigenvalue weighted by Gasteiger charge is 2.19. The van der Waals surface area contributed by atoms with Gasteiger partial charge in [-0.15, -0.1) is 0 Å². The fourth-order valence-electron chi connectivity index (χ4n) is 2.30. The standard InChI is InChI=1S/C18H22N2O4/c1-3-20(18(23)24-12-14-7-5-4-6-8-14)10-16-15(11-21)9-19-13(2)17(16)22/h4-9,21-22H,3,10-12H2,1-2H3. The summed E-state index contributed by atoms with van der Waals surface area (Å²) < 4.78 is 5.32. The van der Waals surface area contributed by atoms with E-state index < -0.39 is 6.09 Å². The second kappa shape index (κ2) is 8.31. The van der Waals surface area contributed by atoms with Crippen LogP contribution in [0.25, 0.3) is 0 Å². The number of nitrogens with zero attached hydrogens (tertiary/aromatic N) is 2. The van der Waals surface area contributed by atoms with E-state index in [2.05, 4.69) is 4.98 Å². The molecule has 2 N–H and O–H groups in total. The van der Waals surface area contributed by atoms with Crippen LogP contribution in [0.5, 0.6) is 5.75 Å². The van der Waals surface area contributed by atoms with Crippen molar-refractivity contribution in [2.45, 2.75) is 33.6 Å². The van der Waals surface area contributed by atoms with Gasteiger partial charge in [0.05, 0.1) is 18.8 Å². The molecule has 1 heterocycles. The number of pyridine rings is 1. The minimum Gasteiger partial charge on any atom is -0.506 e. The second-order valence-electron chi connectivity index (χ2n) is 5.41. The van der Waals surface area contributed by atoms with E-state index in [0.717, 1.165) is 5.56 Å². The van der Waals surface area contributed by atoms with Crippen LogP contribution in [0.3, 0.4) is 0 Å². The highest BCUT2D eigenvalue weighted by molar-refractivity contribution is 5.68. The van der Waals surface area contributed by atoms with Gasteiger partial charge in [-0.3, -0.25) is 4.98 Å². The van der Waals surface area contributed by atoms with Gasteiger partial charge in [-0.2, -0.15) is 0 Å². The number of hydrogen-bond acceptors (Lipinski definition) is 5. The summed E-state index contributed by atoms with van der Waals surface area (Å²) in [5.74, 6) is -0.00383. The van der Waals surface area contributed by atoms with Gasteiger partial charge in [0.2, 0.25) is 0 Å². The number of aromatic nitrogens is 1. The molecule has 6 heteroatoms. The number of rotatable bonds is 6. The summed E-state index contributed by atoms with van der Waals surface area (Å²) in [6.45, 7) is 3.99. The first kappa shape index (κ1) is 17.7. The quantitative estimate of drug-likeness (QED) is 0.851. The molecular weight excluding hydrogens is 308 g/mol. The normalized spacial score (nSPS) is 10.5. The van der Waals surface area contributed by atoms with Gasteiger partial charge < -0.3 is 19.8 Å². The van der Waals surface area contributed by atoms with Gasteiger partial charge in [-0.1, -0.05) is 30.3 Å². The summed E-state index contributed by atoms with van der Waals surface area (Å²) in [6, 6.07) is 9.42. The van der Waals surface area contributed by atoms with Crippen molar-refractivity contribution in [3.05, 3.63) is 58.9 Å². The number of carbonyl (C=O) groups excluding carboxylic acids is 1. The molecule has 0 atom stereocenters. The molecule has 0 saturated carbocycles. The lowest BCUT2D eigenvalue weighted by Crippen LogP contribution is -2.31. The third kappa shape index (κ3) is 4.23. The Bertz CT molecular complexity index is 689. The minimum absolute atomic E-state index is 0.00383. The van der Waals surface area contributed by atoms with Crippen LogP contribution in [-0.4, -0.2) is 32.7 Å². The van der Waals surface area contributed by atoms with Crippen LogP contribution in [0.4, 0.5) is 4.79 Å². The van der Waals surface area contributed by atoms with Gasteiger partial charge in [0.15, 0.2) is 0 Å². The molecule has 2 aromatic rings. The predicted molar refractivity (Wildman–Crippen MR) is 89.3 cm³/mol. The molecule has 0 spiro atoms. The SMILES string of the molecule is CCN(Cc1c(CO)cnc(C)c1O)C(=O)OCc1ccccc1. The van der Waals surface area contributed by atoms with E-state index >= 15 is 0 Å². The smallest absolute Gasteiger partial charge is 0.410 e. The molecule has 0 unspecified atom stereocenters. The fourth-order valence-corrected chi connectivity index (χ4v) is 2.30. The number of aliphatic hydroxyl groups excluding tert-OH is 1. The molecule has 1 aromatic carbocycles. The summed E-state index contributed by atoms with van der Waals surface area (Å²) in [5.41, 5.74) is 2.34. The largest absolute Gasteiger partial charge is 0.506 e. The molecule has 0 radical (unpaired) electrons. The van der Waals surface area contributed by atoms with Crippen LogP contribution in [0.1, 0.15) is 29.3 Å². The van der Waals surface area contributed by atoms with Crippen molar-refractivity contribution in [3.63, 3.8) is 0 Å². The van der Waals surface area contributed by atoms with E-state index in [9.17, 15) is 15.0 Å². The highest BCUT2D eigenvalue weighted by atomic mass is 16.6. The van der Waals surface area contributed by atoms with Crippen molar-refractivity contribution in [2.24, 2.45) is 0 Å². The maximum Gasteiger partial charge on any atom is 0.410 e. The molecule has 1 amide bonds. The Balaban J connectivity index is 2.09. The van der Waals surface area contributed by atoms with Gasteiger partial charge >= 0.3 is 6.09 Å². The molecule has 128 valence electrons. The number of benzene rings is 1. The zero-order valence-corrected chi connectivity index (χ0v) is 13.9. The maximum absolute atomic E-state index is 12.3. The maximum atomic E-state index is 12.3. The second-order valence-corrected chi connectivity index (χ2v) is 5.41. The van der Waals surface area contributed by atoms with Crippen LogP contribution in [0, 0.1) is 6.92 Å². The lowest BCUT2D eigenvalue weighted by molar-refractivity contribution is 0.0951. The average molecular weight is 330 g/mol. The number of carbonyl (C=O) groups is 1. The number of ether oxygens (including phenoxy) is 1. The number of aliphatic hydroxyl groups is 1. The number of aryl methyl sites for hydroxylation is 1. The van der Waals surface area contributed by atoms with Crippen molar-refractivity contribution in [3.8, 4) is 5.75 Å². The Morgan fingerprint density at radius 2 is 2.00 bits per heavy atom. The van der Waals surface area contributed by atoms with E-state index in [0.29, 0.717) is 23.4 Å². The van der Waals surface area contributed by atoms with Crippen LogP contribution in [0.2, 0.25) is 0 Å². The van der Waals surface area contributed by atoms with E-state index in [1.165, 1.54) is 11.1 Å². The summed E-state index contributed by atoms with van der Waals surface area (Å²) in [4.78, 5) is 17.8. The van der Waals surface area contributed by atoms with Crippen LogP contribution in [-0.2, 0) is 24.5 Å². The first-order valence-corrected chi connectivity index (χ1v) is 7.79. The average Bonchev–Trinajstić information content (AvgIpc) is 2.61. The Labute approximate surface area is 141 Å². The van der Waals surface area contributed by atoms with Crippen molar-refractivity contribution < 1.29 is 19.7 Å². The molecular formula is C18H22N2O4. The third-order valence-electron chi connectivity index (χ3n) is 3.79. The number of aromatic hydroxyl groups is 1. The number of hydrogen-bond donors (Lipinski definition) is 2. The molecule has 24 heavy (non-hydrogen) atoms. The molecule has 0 aliphatic carbocycles. The lowest BCUT2D eigenvalue weighted by atomic mass is 10.1. The first-order chi connectivity index (χ1) is 11.6. The van der Waals surface area contributed by atoms with Gasteiger partial charge in [0.1, 0.15) is 12.4 Å². The van der Waals surface area contributed by atoms with E-state index in [1.54, 1.807) is 6.92 Å². The van der Waals surface area contributed by atoms with Gasteiger partial charge in [0, 0.05) is 23.9 Å². The topological polar surface area (TPSA) is 82.9 Å². The van der Waals surface area contributed by atoms with Crippen molar-refractivity contribution >= 4 is 6.09 Å². The van der Waals surface area contributed by atoms with Gasteiger partial charge in [-0.05, 0) is 19.4 Å². The Morgan fingerprint density at radius 3 is 2.62 bits per heavy atom. The number of amides is 1. The Hall–Kier alpha value is -2.60. The van der Waals surface area contributed by atoms with Crippen LogP contribution in [0.15, 0.2) is 36.5 Å². The van der Waals surface area contributed by atoms with Crippen molar-refractivity contribution in [2.75, 3.05) is 6.54 Å². The zero-order valence-electron chi connectivity index (χ0n) is 13.9. The van der Waals surface area contributed by atoms with Crippen LogP contribution >= 0.6 is 0 Å². The lowest BCUT2D eigenvalue weighted by Gasteiger charge is -2.22. The van der Waals surface area contributed by atoms with Crippen LogP contribution < -0.4 is 0 Å². The molecule has 2 rings (SSSR count). The predicted octanol–water partition coefficient (Wildman–Crippen LogP) is 2.75. The highest BCUT2D eigenvalue weighted by Crippen LogP contribution is 2.25. The zero-order chi connectivity index (χ0) is 17.5. The third-order valence-corrected chi connectivity index (χ3v) is 3.79. The Kier molecular flexibility index (Phi) is 6.14. The molecule has 6 nitrogen and oxygen atoms in total. The Morgan fingerprint density at radius 1 is 1.29 bits per heavy atom. The molecule has 1 aromatic heterocycles. The van der Waals surface area contributed by atoms with Gasteiger partial charge in [0.25, 0.3) is 0 Å². The summed E-state index contributed by atoms with van der Waals surface area (Å²) in [5, 5.41) is 19.6. The molecule has 0 saturated heterocycles. The first-order valence-electron chi connectivity index (χ1n) is 7.79. The fraction of sp³-hybridized carbons (Fsp3) is 0.333. The summed E-state index contributed by atoms with van der Waals surface area (Å²) in [6.07, 6.45) is 1.03. The summed E-state index contributed by atoms with van der Waals surface area (Å²) in [7, 11) is 0. The van der Waals surface area contributed by atoms with Crippen molar-refractivity contribution in [1.82, 2.24) is 9.88 Å². The van der Waals surface area contributed by atoms with E-state index in [-0.39, 0.29) is 25.5 Å².